The van der Waals surface area contributed by atoms with Crippen molar-refractivity contribution in [1.29, 1.82) is 0 Å². The molecular formula is C13H22N2OS2. The molecule has 0 radical (unpaired) electrons. The van der Waals surface area contributed by atoms with Gasteiger partial charge in [-0.25, -0.2) is 0 Å². The fourth-order valence-electron chi connectivity index (χ4n) is 2.40. The van der Waals surface area contributed by atoms with Crippen LogP contribution in [0.15, 0.2) is 12.3 Å². The Morgan fingerprint density at radius 1 is 1.50 bits per heavy atom. The predicted molar refractivity (Wildman–Crippen MR) is 80.3 cm³/mol. The first-order chi connectivity index (χ1) is 8.72. The lowest BCUT2D eigenvalue weighted by Gasteiger charge is -2.33. The maximum Gasteiger partial charge on any atom is 0.0673 e. The second-order valence-electron chi connectivity index (χ2n) is 4.71. The summed E-state index contributed by atoms with van der Waals surface area (Å²) in [5.41, 5.74) is 1.20. The van der Waals surface area contributed by atoms with Gasteiger partial charge in [0.15, 0.2) is 0 Å². The molecule has 2 rings (SSSR count). The van der Waals surface area contributed by atoms with Gasteiger partial charge in [-0.2, -0.15) is 28.6 Å². The molecular weight excluding hydrogens is 264 g/mol. The second-order valence-corrected chi connectivity index (χ2v) is 7.34. The van der Waals surface area contributed by atoms with Crippen LogP contribution in [0.3, 0.4) is 0 Å². The standard InChI is InChI=1S/C13H22N2OS2/c1-3-12-13(18-9-8-17-12)11(16)5-4-10-6-7-14-15(10)2/h6-7,11-13,16H,3-5,8-9H2,1-2H3. The molecule has 1 aliphatic rings. The van der Waals surface area contributed by atoms with Crippen LogP contribution >= 0.6 is 23.5 Å². The Morgan fingerprint density at radius 3 is 2.94 bits per heavy atom. The van der Waals surface area contributed by atoms with E-state index in [0.717, 1.165) is 19.3 Å². The van der Waals surface area contributed by atoms with E-state index >= 15 is 0 Å². The van der Waals surface area contributed by atoms with E-state index in [2.05, 4.69) is 12.0 Å². The number of thioether (sulfide) groups is 2. The van der Waals surface area contributed by atoms with Crippen LogP contribution in [0, 0.1) is 0 Å². The van der Waals surface area contributed by atoms with Crippen molar-refractivity contribution in [3.63, 3.8) is 0 Å². The first-order valence-electron chi connectivity index (χ1n) is 6.60. The molecule has 3 nitrogen and oxygen atoms in total. The smallest absolute Gasteiger partial charge is 0.0673 e. The van der Waals surface area contributed by atoms with Crippen LogP contribution < -0.4 is 0 Å². The third-order valence-corrected chi connectivity index (χ3v) is 6.88. The van der Waals surface area contributed by atoms with Crippen LogP contribution in [0.5, 0.6) is 0 Å². The number of hydrogen-bond acceptors (Lipinski definition) is 4. The first-order valence-corrected chi connectivity index (χ1v) is 8.70. The van der Waals surface area contributed by atoms with Gasteiger partial charge in [0.25, 0.3) is 0 Å². The largest absolute Gasteiger partial charge is 0.392 e. The number of aromatic nitrogens is 2. The fraction of sp³-hybridized carbons (Fsp3) is 0.769. The molecule has 0 saturated carbocycles. The second kappa shape index (κ2) is 6.87. The van der Waals surface area contributed by atoms with Crippen molar-refractivity contribution in [1.82, 2.24) is 9.78 Å². The molecule has 5 heteroatoms. The van der Waals surface area contributed by atoms with Gasteiger partial charge < -0.3 is 5.11 Å². The maximum atomic E-state index is 10.4. The summed E-state index contributed by atoms with van der Waals surface area (Å²) in [6.45, 7) is 2.23. The van der Waals surface area contributed by atoms with Gasteiger partial charge in [0.05, 0.1) is 6.10 Å². The number of rotatable bonds is 5. The Kier molecular flexibility index (Phi) is 5.45. The van der Waals surface area contributed by atoms with Crippen molar-refractivity contribution >= 4 is 23.5 Å². The summed E-state index contributed by atoms with van der Waals surface area (Å²) < 4.78 is 1.90. The van der Waals surface area contributed by atoms with Crippen LogP contribution in [0.1, 0.15) is 25.5 Å². The lowest BCUT2D eigenvalue weighted by molar-refractivity contribution is 0.159. The molecule has 1 fully saturated rings. The van der Waals surface area contributed by atoms with Crippen LogP contribution in [-0.2, 0) is 13.5 Å². The van der Waals surface area contributed by atoms with Gasteiger partial charge in [0, 0.05) is 40.9 Å². The van der Waals surface area contributed by atoms with Gasteiger partial charge >= 0.3 is 0 Å². The minimum absolute atomic E-state index is 0.192. The molecule has 0 aliphatic carbocycles. The molecule has 1 N–H and O–H groups in total. The quantitative estimate of drug-likeness (QED) is 0.901. The Hall–Kier alpha value is -0.130. The van der Waals surface area contributed by atoms with Crippen molar-refractivity contribution in [3.05, 3.63) is 18.0 Å². The van der Waals surface area contributed by atoms with Crippen LogP contribution in [0.2, 0.25) is 0 Å². The third-order valence-electron chi connectivity index (χ3n) is 3.49. The third kappa shape index (κ3) is 3.45. The summed E-state index contributed by atoms with van der Waals surface area (Å²) >= 11 is 3.98. The maximum absolute atomic E-state index is 10.4. The van der Waals surface area contributed by atoms with E-state index in [1.165, 1.54) is 17.2 Å². The zero-order valence-corrected chi connectivity index (χ0v) is 12.7. The van der Waals surface area contributed by atoms with Gasteiger partial charge in [-0.15, -0.1) is 0 Å². The van der Waals surface area contributed by atoms with Crippen molar-refractivity contribution in [2.75, 3.05) is 11.5 Å². The Bertz CT molecular complexity index is 370. The highest BCUT2D eigenvalue weighted by Crippen LogP contribution is 2.36. The van der Waals surface area contributed by atoms with Crippen LogP contribution in [0.25, 0.3) is 0 Å². The highest BCUT2D eigenvalue weighted by molar-refractivity contribution is 8.07. The number of nitrogens with zero attached hydrogens (tertiary/aromatic N) is 2. The zero-order chi connectivity index (χ0) is 13.0. The summed E-state index contributed by atoms with van der Waals surface area (Å²) in [6.07, 6.45) is 4.54. The molecule has 1 aromatic rings. The van der Waals surface area contributed by atoms with Gasteiger partial charge in [-0.05, 0) is 25.3 Å². The molecule has 2 heterocycles. The lowest BCUT2D eigenvalue weighted by atomic mass is 10.1. The van der Waals surface area contributed by atoms with Gasteiger partial charge in [-0.1, -0.05) is 6.92 Å². The van der Waals surface area contributed by atoms with Gasteiger partial charge in [0.2, 0.25) is 0 Å². The minimum Gasteiger partial charge on any atom is -0.392 e. The Labute approximate surface area is 118 Å². The summed E-state index contributed by atoms with van der Waals surface area (Å²) in [4.78, 5) is 0. The lowest BCUT2D eigenvalue weighted by Crippen LogP contribution is -2.36. The SMILES string of the molecule is CCC1SCCSC1C(O)CCc1ccnn1C. The van der Waals surface area contributed by atoms with Gasteiger partial charge in [0.1, 0.15) is 0 Å². The fourth-order valence-corrected chi connectivity index (χ4v) is 5.59. The monoisotopic (exact) mass is 286 g/mol. The topological polar surface area (TPSA) is 38.1 Å². The van der Waals surface area contributed by atoms with E-state index < -0.39 is 0 Å². The average molecular weight is 286 g/mol. The number of aryl methyl sites for hydroxylation is 2. The molecule has 0 spiro atoms. The summed E-state index contributed by atoms with van der Waals surface area (Å²) in [6, 6.07) is 2.03. The minimum atomic E-state index is -0.192. The van der Waals surface area contributed by atoms with E-state index in [1.54, 1.807) is 0 Å². The van der Waals surface area contributed by atoms with E-state index in [9.17, 15) is 5.11 Å². The number of hydrogen-bond donors (Lipinski definition) is 1. The van der Waals surface area contributed by atoms with Crippen molar-refractivity contribution < 1.29 is 5.11 Å². The summed E-state index contributed by atoms with van der Waals surface area (Å²) in [7, 11) is 1.96. The zero-order valence-electron chi connectivity index (χ0n) is 11.1. The molecule has 102 valence electrons. The highest BCUT2D eigenvalue weighted by atomic mass is 32.2. The van der Waals surface area contributed by atoms with E-state index in [-0.39, 0.29) is 6.10 Å². The van der Waals surface area contributed by atoms with Crippen LogP contribution in [0.4, 0.5) is 0 Å². The molecule has 0 bridgehead atoms. The Balaban J connectivity index is 1.86. The molecule has 3 unspecified atom stereocenters. The molecule has 1 aromatic heterocycles. The first kappa shape index (κ1) is 14.3. The molecule has 0 amide bonds. The molecule has 3 atom stereocenters. The van der Waals surface area contributed by atoms with Crippen molar-refractivity contribution in [2.45, 2.75) is 42.8 Å². The molecule has 1 aliphatic heterocycles. The van der Waals surface area contributed by atoms with Crippen molar-refractivity contribution in [2.24, 2.45) is 7.05 Å². The van der Waals surface area contributed by atoms with E-state index in [4.69, 9.17) is 0 Å². The highest BCUT2D eigenvalue weighted by Gasteiger charge is 2.30. The Morgan fingerprint density at radius 2 is 2.28 bits per heavy atom. The number of aliphatic hydroxyl groups excluding tert-OH is 1. The average Bonchev–Trinajstić information content (AvgIpc) is 2.81. The predicted octanol–water partition coefficient (Wildman–Crippen LogP) is 2.34. The van der Waals surface area contributed by atoms with Crippen LogP contribution in [-0.4, -0.2) is 43.0 Å². The van der Waals surface area contributed by atoms with Crippen molar-refractivity contribution in [3.8, 4) is 0 Å². The van der Waals surface area contributed by atoms with E-state index in [1.807, 2.05) is 47.5 Å². The molecule has 0 aromatic carbocycles. The molecule has 18 heavy (non-hydrogen) atoms. The van der Waals surface area contributed by atoms with Gasteiger partial charge in [-0.3, -0.25) is 4.68 Å². The summed E-state index contributed by atoms with van der Waals surface area (Å²) in [5, 5.41) is 15.6. The molecule has 1 saturated heterocycles. The summed E-state index contributed by atoms with van der Waals surface area (Å²) in [5.74, 6) is 2.41. The number of aliphatic hydroxyl groups is 1. The van der Waals surface area contributed by atoms with E-state index in [0.29, 0.717) is 10.5 Å². The normalized spacial score (nSPS) is 26.2.